The second-order valence-electron chi connectivity index (χ2n) is 7.67. The number of benzene rings is 2. The second-order valence-corrected chi connectivity index (χ2v) is 9.56. The highest BCUT2D eigenvalue weighted by Crippen LogP contribution is 2.32. The molecule has 0 radical (unpaired) electrons. The van der Waals surface area contributed by atoms with E-state index < -0.39 is 16.1 Å². The summed E-state index contributed by atoms with van der Waals surface area (Å²) in [5.41, 5.74) is 2.45. The number of hydrogen-bond acceptors (Lipinski definition) is 4. The summed E-state index contributed by atoms with van der Waals surface area (Å²) in [5.74, 6) is -0.234. The summed E-state index contributed by atoms with van der Waals surface area (Å²) in [7, 11) is -3.76. The van der Waals surface area contributed by atoms with Gasteiger partial charge in [0.2, 0.25) is 15.9 Å². The lowest BCUT2D eigenvalue weighted by Crippen LogP contribution is -2.42. The maximum Gasteiger partial charge on any atom is 0.250 e. The summed E-state index contributed by atoms with van der Waals surface area (Å²) < 4.78 is 29.6. The van der Waals surface area contributed by atoms with E-state index in [1.165, 1.54) is 4.31 Å². The van der Waals surface area contributed by atoms with Crippen LogP contribution in [0.1, 0.15) is 23.2 Å². The summed E-state index contributed by atoms with van der Waals surface area (Å²) in [5, 5.41) is 1.88. The van der Waals surface area contributed by atoms with Gasteiger partial charge in [0.05, 0.1) is 22.1 Å². The maximum absolute atomic E-state index is 13.7. The molecular formula is C23H21N3O3S. The first kappa shape index (κ1) is 19.0. The minimum absolute atomic E-state index is 0.219. The van der Waals surface area contributed by atoms with Crippen molar-refractivity contribution in [1.82, 2.24) is 13.9 Å². The monoisotopic (exact) mass is 419 g/mol. The number of sulfonamides is 1. The summed E-state index contributed by atoms with van der Waals surface area (Å²) in [6.45, 7) is 2.25. The van der Waals surface area contributed by atoms with Crippen molar-refractivity contribution in [3.8, 4) is 0 Å². The number of aromatic nitrogens is 2. The topological polar surface area (TPSA) is 72.3 Å². The molecule has 1 atom stereocenters. The average Bonchev–Trinajstić information content (AvgIpc) is 3.37. The summed E-state index contributed by atoms with van der Waals surface area (Å²) >= 11 is 0. The van der Waals surface area contributed by atoms with Crippen LogP contribution < -0.4 is 0 Å². The van der Waals surface area contributed by atoms with E-state index in [0.717, 1.165) is 21.9 Å². The zero-order valence-electron chi connectivity index (χ0n) is 16.5. The smallest absolute Gasteiger partial charge is 0.250 e. The van der Waals surface area contributed by atoms with Gasteiger partial charge in [0.25, 0.3) is 0 Å². The van der Waals surface area contributed by atoms with Crippen molar-refractivity contribution in [3.05, 3.63) is 72.6 Å². The first-order chi connectivity index (χ1) is 14.5. The number of carbonyl (C=O) groups is 1. The number of fused-ring (bicyclic) bond motifs is 3. The van der Waals surface area contributed by atoms with Crippen molar-refractivity contribution in [3.63, 3.8) is 0 Å². The molecule has 2 aromatic heterocycles. The Labute approximate surface area is 174 Å². The highest BCUT2D eigenvalue weighted by Gasteiger charge is 2.40. The lowest BCUT2D eigenvalue weighted by atomic mass is 10.2. The minimum atomic E-state index is -3.76. The fourth-order valence-electron chi connectivity index (χ4n) is 4.32. The Hall–Kier alpha value is -3.03. The van der Waals surface area contributed by atoms with E-state index in [2.05, 4.69) is 4.98 Å². The van der Waals surface area contributed by atoms with Crippen molar-refractivity contribution in [2.75, 3.05) is 6.54 Å². The Bertz CT molecular complexity index is 1320. The van der Waals surface area contributed by atoms with Crippen LogP contribution in [0.3, 0.4) is 0 Å². The molecular weight excluding hydrogens is 398 g/mol. The van der Waals surface area contributed by atoms with Gasteiger partial charge in [-0.15, -0.1) is 0 Å². The second kappa shape index (κ2) is 7.04. The Kier molecular flexibility index (Phi) is 4.45. The Morgan fingerprint density at radius 1 is 1.00 bits per heavy atom. The summed E-state index contributed by atoms with van der Waals surface area (Å²) in [6.07, 6.45) is 4.52. The molecule has 0 bridgehead atoms. The van der Waals surface area contributed by atoms with Crippen LogP contribution in [-0.4, -0.2) is 40.8 Å². The molecule has 0 amide bonds. The van der Waals surface area contributed by atoms with Gasteiger partial charge in [0, 0.05) is 23.5 Å². The third-order valence-electron chi connectivity index (χ3n) is 5.81. The number of carbonyl (C=O) groups excluding carboxylic acids is 1. The maximum atomic E-state index is 13.7. The molecule has 152 valence electrons. The summed E-state index contributed by atoms with van der Waals surface area (Å²) in [4.78, 5) is 18.1. The van der Waals surface area contributed by atoms with Crippen LogP contribution in [0.25, 0.3) is 21.8 Å². The van der Waals surface area contributed by atoms with Crippen molar-refractivity contribution in [2.24, 2.45) is 0 Å². The van der Waals surface area contributed by atoms with Crippen LogP contribution in [0.2, 0.25) is 0 Å². The zero-order chi connectivity index (χ0) is 20.9. The summed E-state index contributed by atoms with van der Waals surface area (Å²) in [6, 6.07) is 15.6. The molecule has 1 saturated heterocycles. The van der Waals surface area contributed by atoms with E-state index in [1.807, 2.05) is 37.3 Å². The molecule has 0 aliphatic carbocycles. The van der Waals surface area contributed by atoms with E-state index >= 15 is 0 Å². The van der Waals surface area contributed by atoms with Crippen LogP contribution in [0.15, 0.2) is 71.9 Å². The minimum Gasteiger partial charge on any atom is -0.277 e. The fraction of sp³-hybridized carbons (Fsp3) is 0.217. The van der Waals surface area contributed by atoms with Gasteiger partial charge in [0.1, 0.15) is 6.04 Å². The predicted octanol–water partition coefficient (Wildman–Crippen LogP) is 3.99. The van der Waals surface area contributed by atoms with Crippen molar-refractivity contribution >= 4 is 37.7 Å². The molecule has 4 aromatic rings. The molecule has 7 heteroatoms. The van der Waals surface area contributed by atoms with E-state index in [4.69, 9.17) is 0 Å². The van der Waals surface area contributed by atoms with Crippen LogP contribution in [0.5, 0.6) is 0 Å². The molecule has 0 spiro atoms. The normalized spacial score (nSPS) is 17.7. The van der Waals surface area contributed by atoms with Gasteiger partial charge in [-0.2, -0.15) is 4.31 Å². The lowest BCUT2D eigenvalue weighted by Gasteiger charge is -2.24. The molecule has 30 heavy (non-hydrogen) atoms. The molecule has 1 fully saturated rings. The molecule has 2 aromatic carbocycles. The van der Waals surface area contributed by atoms with Crippen molar-refractivity contribution in [2.45, 2.75) is 30.7 Å². The fourth-order valence-corrected chi connectivity index (χ4v) is 5.98. The third-order valence-corrected chi connectivity index (χ3v) is 7.74. The van der Waals surface area contributed by atoms with Gasteiger partial charge >= 0.3 is 0 Å². The number of aryl methyl sites for hydroxylation is 1. The van der Waals surface area contributed by atoms with Crippen LogP contribution in [0, 0.1) is 6.92 Å². The van der Waals surface area contributed by atoms with Gasteiger partial charge in [0.15, 0.2) is 0 Å². The van der Waals surface area contributed by atoms with Gasteiger partial charge in [-0.1, -0.05) is 35.9 Å². The Balaban J connectivity index is 1.62. The Morgan fingerprint density at radius 2 is 1.73 bits per heavy atom. The number of hydrogen-bond donors (Lipinski definition) is 0. The van der Waals surface area contributed by atoms with E-state index in [9.17, 15) is 13.2 Å². The largest absolute Gasteiger partial charge is 0.277 e. The van der Waals surface area contributed by atoms with Crippen LogP contribution in [0.4, 0.5) is 0 Å². The Morgan fingerprint density at radius 3 is 2.53 bits per heavy atom. The molecule has 6 nitrogen and oxygen atoms in total. The number of para-hydroxylation sites is 1. The highest BCUT2D eigenvalue weighted by atomic mass is 32.2. The zero-order valence-corrected chi connectivity index (χ0v) is 17.3. The molecule has 0 unspecified atom stereocenters. The standard InChI is InChI=1S/C23H21N3O3S/c1-16-8-10-17(11-9-16)30(28,29)25-14-4-7-21(25)23(27)26-20-6-3-2-5-18(20)19-12-13-24-15-22(19)26/h2-3,5-6,8-13,15,21H,4,7,14H2,1H3/t21-/m0/s1. The van der Waals surface area contributed by atoms with Gasteiger partial charge in [-0.05, 0) is 44.0 Å². The van der Waals surface area contributed by atoms with Gasteiger partial charge < -0.3 is 0 Å². The van der Waals surface area contributed by atoms with Crippen molar-refractivity contribution in [1.29, 1.82) is 0 Å². The SMILES string of the molecule is Cc1ccc(S(=O)(=O)N2CCC[C@H]2C(=O)n2c3ccccc3c3ccncc32)cc1. The van der Waals surface area contributed by atoms with Crippen LogP contribution in [-0.2, 0) is 10.0 Å². The molecule has 0 saturated carbocycles. The molecule has 0 N–H and O–H groups in total. The predicted molar refractivity (Wildman–Crippen MR) is 116 cm³/mol. The lowest BCUT2D eigenvalue weighted by molar-refractivity contribution is 0.0843. The molecule has 1 aliphatic rings. The molecule has 1 aliphatic heterocycles. The quantitative estimate of drug-likeness (QED) is 0.503. The third kappa shape index (κ3) is 2.85. The molecule has 5 rings (SSSR count). The average molecular weight is 420 g/mol. The molecule has 3 heterocycles. The number of pyridine rings is 1. The number of rotatable bonds is 3. The van der Waals surface area contributed by atoms with Crippen molar-refractivity contribution < 1.29 is 13.2 Å². The number of nitrogens with zero attached hydrogens (tertiary/aromatic N) is 3. The van der Waals surface area contributed by atoms with E-state index in [0.29, 0.717) is 24.9 Å². The van der Waals surface area contributed by atoms with Gasteiger partial charge in [-0.3, -0.25) is 14.3 Å². The van der Waals surface area contributed by atoms with E-state index in [-0.39, 0.29) is 10.8 Å². The first-order valence-electron chi connectivity index (χ1n) is 9.94. The first-order valence-corrected chi connectivity index (χ1v) is 11.4. The highest BCUT2D eigenvalue weighted by molar-refractivity contribution is 7.89. The van der Waals surface area contributed by atoms with Gasteiger partial charge in [-0.25, -0.2) is 8.42 Å². The van der Waals surface area contributed by atoms with E-state index in [1.54, 1.807) is 41.2 Å². The van der Waals surface area contributed by atoms with Crippen LogP contribution >= 0.6 is 0 Å².